The highest BCUT2D eigenvalue weighted by Gasteiger charge is 2.15. The van der Waals surface area contributed by atoms with Gasteiger partial charge >= 0.3 is 0 Å². The SMILES string of the molecule is CCCC(NC(=O)CCc1nc(-c2ccccn2)no1)c1ccccc1. The summed E-state index contributed by atoms with van der Waals surface area (Å²) < 4.78 is 5.23. The normalized spacial score (nSPS) is 11.9. The van der Waals surface area contributed by atoms with Crippen LogP contribution < -0.4 is 5.32 Å². The predicted molar refractivity (Wildman–Crippen MR) is 98.1 cm³/mol. The number of aryl methyl sites for hydroxylation is 1. The second-order valence-electron chi connectivity index (χ2n) is 6.05. The van der Waals surface area contributed by atoms with Gasteiger partial charge in [0.15, 0.2) is 0 Å². The molecule has 1 amide bonds. The number of pyridine rings is 1. The van der Waals surface area contributed by atoms with Gasteiger partial charge in [-0.3, -0.25) is 9.78 Å². The van der Waals surface area contributed by atoms with E-state index in [2.05, 4.69) is 27.4 Å². The van der Waals surface area contributed by atoms with Crippen LogP contribution in [0.25, 0.3) is 11.5 Å². The molecule has 6 nitrogen and oxygen atoms in total. The summed E-state index contributed by atoms with van der Waals surface area (Å²) in [5.74, 6) is 0.853. The molecule has 26 heavy (non-hydrogen) atoms. The van der Waals surface area contributed by atoms with Gasteiger partial charge in [0, 0.05) is 19.0 Å². The minimum Gasteiger partial charge on any atom is -0.349 e. The lowest BCUT2D eigenvalue weighted by molar-refractivity contribution is -0.122. The van der Waals surface area contributed by atoms with Gasteiger partial charge in [-0.1, -0.05) is 54.9 Å². The first-order chi connectivity index (χ1) is 12.8. The molecule has 0 fully saturated rings. The molecule has 1 unspecified atom stereocenters. The monoisotopic (exact) mass is 350 g/mol. The van der Waals surface area contributed by atoms with Gasteiger partial charge in [0.25, 0.3) is 0 Å². The highest BCUT2D eigenvalue weighted by molar-refractivity contribution is 5.76. The summed E-state index contributed by atoms with van der Waals surface area (Å²) in [6.45, 7) is 2.11. The van der Waals surface area contributed by atoms with Crippen LogP contribution in [0.4, 0.5) is 0 Å². The van der Waals surface area contributed by atoms with E-state index in [1.54, 1.807) is 6.20 Å². The second-order valence-corrected chi connectivity index (χ2v) is 6.05. The Bertz CT molecular complexity index is 818. The quantitative estimate of drug-likeness (QED) is 0.669. The second kappa shape index (κ2) is 8.89. The summed E-state index contributed by atoms with van der Waals surface area (Å²) in [6, 6.07) is 15.6. The van der Waals surface area contributed by atoms with E-state index in [1.807, 2.05) is 48.5 Å². The van der Waals surface area contributed by atoms with Gasteiger partial charge in [0.1, 0.15) is 5.69 Å². The maximum Gasteiger partial charge on any atom is 0.227 e. The lowest BCUT2D eigenvalue weighted by Crippen LogP contribution is -2.28. The maximum atomic E-state index is 12.3. The number of rotatable bonds is 8. The molecular formula is C20H22N4O2. The fourth-order valence-electron chi connectivity index (χ4n) is 2.74. The number of amides is 1. The zero-order valence-corrected chi connectivity index (χ0v) is 14.8. The zero-order valence-electron chi connectivity index (χ0n) is 14.8. The van der Waals surface area contributed by atoms with E-state index < -0.39 is 0 Å². The van der Waals surface area contributed by atoms with Gasteiger partial charge < -0.3 is 9.84 Å². The van der Waals surface area contributed by atoms with Crippen molar-refractivity contribution in [2.24, 2.45) is 0 Å². The van der Waals surface area contributed by atoms with Crippen molar-refractivity contribution in [3.8, 4) is 11.5 Å². The van der Waals surface area contributed by atoms with Gasteiger partial charge in [0.05, 0.1) is 6.04 Å². The number of hydrogen-bond donors (Lipinski definition) is 1. The molecule has 3 aromatic rings. The Morgan fingerprint density at radius 3 is 2.69 bits per heavy atom. The summed E-state index contributed by atoms with van der Waals surface area (Å²) >= 11 is 0. The van der Waals surface area contributed by atoms with E-state index in [9.17, 15) is 4.79 Å². The van der Waals surface area contributed by atoms with Crippen molar-refractivity contribution in [3.05, 3.63) is 66.2 Å². The molecule has 134 valence electrons. The lowest BCUT2D eigenvalue weighted by atomic mass is 10.0. The minimum absolute atomic E-state index is 0.0233. The van der Waals surface area contributed by atoms with Gasteiger partial charge in [-0.25, -0.2) is 0 Å². The smallest absolute Gasteiger partial charge is 0.227 e. The van der Waals surface area contributed by atoms with Crippen molar-refractivity contribution < 1.29 is 9.32 Å². The van der Waals surface area contributed by atoms with E-state index >= 15 is 0 Å². The van der Waals surface area contributed by atoms with Crippen molar-refractivity contribution in [1.82, 2.24) is 20.4 Å². The molecule has 3 rings (SSSR count). The highest BCUT2D eigenvalue weighted by Crippen LogP contribution is 2.18. The fraction of sp³-hybridized carbons (Fsp3) is 0.300. The van der Waals surface area contributed by atoms with Gasteiger partial charge in [-0.2, -0.15) is 4.98 Å². The first-order valence-corrected chi connectivity index (χ1v) is 8.84. The van der Waals surface area contributed by atoms with Crippen LogP contribution >= 0.6 is 0 Å². The van der Waals surface area contributed by atoms with Crippen molar-refractivity contribution >= 4 is 5.91 Å². The standard InChI is InChI=1S/C20H22N4O2/c1-2-8-16(15-9-4-3-5-10-15)22-18(25)12-13-19-23-20(24-26-19)17-11-6-7-14-21-17/h3-7,9-11,14,16H,2,8,12-13H2,1H3,(H,22,25). The zero-order chi connectivity index (χ0) is 18.2. The van der Waals surface area contributed by atoms with Crippen LogP contribution in [0.5, 0.6) is 0 Å². The Labute approximate surface area is 152 Å². The van der Waals surface area contributed by atoms with Gasteiger partial charge in [-0.05, 0) is 24.1 Å². The van der Waals surface area contributed by atoms with Crippen LogP contribution in [0.15, 0.2) is 59.3 Å². The van der Waals surface area contributed by atoms with Crippen molar-refractivity contribution in [3.63, 3.8) is 0 Å². The van der Waals surface area contributed by atoms with E-state index in [0.29, 0.717) is 30.3 Å². The van der Waals surface area contributed by atoms with Crippen LogP contribution in [0.1, 0.15) is 43.7 Å². The third-order valence-electron chi connectivity index (χ3n) is 4.04. The number of benzene rings is 1. The van der Waals surface area contributed by atoms with Gasteiger partial charge in [-0.15, -0.1) is 0 Å². The summed E-state index contributed by atoms with van der Waals surface area (Å²) in [6.07, 6.45) is 4.28. The van der Waals surface area contributed by atoms with Gasteiger partial charge in [0.2, 0.25) is 17.6 Å². The maximum absolute atomic E-state index is 12.3. The van der Waals surface area contributed by atoms with Crippen molar-refractivity contribution in [2.45, 2.75) is 38.6 Å². The Morgan fingerprint density at radius 2 is 1.96 bits per heavy atom. The number of carbonyl (C=O) groups excluding carboxylic acids is 1. The minimum atomic E-state index is -0.0233. The Morgan fingerprint density at radius 1 is 1.15 bits per heavy atom. The van der Waals surface area contributed by atoms with E-state index in [1.165, 1.54) is 0 Å². The average molecular weight is 350 g/mol. The molecule has 6 heteroatoms. The molecule has 1 N–H and O–H groups in total. The fourth-order valence-corrected chi connectivity index (χ4v) is 2.74. The average Bonchev–Trinajstić information content (AvgIpc) is 3.17. The third kappa shape index (κ3) is 4.75. The first kappa shape index (κ1) is 17.8. The van der Waals surface area contributed by atoms with Crippen LogP contribution in [-0.4, -0.2) is 21.0 Å². The molecule has 0 spiro atoms. The number of hydrogen-bond acceptors (Lipinski definition) is 5. The summed E-state index contributed by atoms with van der Waals surface area (Å²) in [5, 5.41) is 7.02. The lowest BCUT2D eigenvalue weighted by Gasteiger charge is -2.18. The Kier molecular flexibility index (Phi) is 6.09. The molecule has 1 atom stereocenters. The third-order valence-corrected chi connectivity index (χ3v) is 4.04. The largest absolute Gasteiger partial charge is 0.349 e. The Hall–Kier alpha value is -3.02. The molecule has 0 radical (unpaired) electrons. The molecule has 0 aliphatic carbocycles. The summed E-state index contributed by atoms with van der Waals surface area (Å²) in [5.41, 5.74) is 1.77. The number of aromatic nitrogens is 3. The van der Waals surface area contributed by atoms with Crippen LogP contribution in [0.2, 0.25) is 0 Å². The molecule has 0 bridgehead atoms. The number of nitrogens with zero attached hydrogens (tertiary/aromatic N) is 3. The van der Waals surface area contributed by atoms with Crippen molar-refractivity contribution in [1.29, 1.82) is 0 Å². The molecule has 0 aliphatic rings. The molecule has 0 saturated carbocycles. The van der Waals surface area contributed by atoms with Crippen molar-refractivity contribution in [2.75, 3.05) is 0 Å². The van der Waals surface area contributed by atoms with Crippen LogP contribution in [-0.2, 0) is 11.2 Å². The molecular weight excluding hydrogens is 328 g/mol. The molecule has 2 aromatic heterocycles. The highest BCUT2D eigenvalue weighted by atomic mass is 16.5. The van der Waals surface area contributed by atoms with E-state index in [-0.39, 0.29) is 11.9 Å². The predicted octanol–water partition coefficient (Wildman–Crippen LogP) is 3.72. The number of nitrogens with one attached hydrogen (secondary N) is 1. The number of carbonyl (C=O) groups is 1. The van der Waals surface area contributed by atoms with Crippen LogP contribution in [0, 0.1) is 0 Å². The summed E-state index contributed by atoms with van der Waals surface area (Å²) in [7, 11) is 0. The summed E-state index contributed by atoms with van der Waals surface area (Å²) in [4.78, 5) is 20.8. The molecule has 1 aromatic carbocycles. The molecule has 0 saturated heterocycles. The molecule has 2 heterocycles. The Balaban J connectivity index is 1.56. The molecule has 0 aliphatic heterocycles. The first-order valence-electron chi connectivity index (χ1n) is 8.84. The topological polar surface area (TPSA) is 80.9 Å². The van der Waals surface area contributed by atoms with E-state index in [0.717, 1.165) is 18.4 Å². The van der Waals surface area contributed by atoms with Crippen LogP contribution in [0.3, 0.4) is 0 Å². The van der Waals surface area contributed by atoms with E-state index in [4.69, 9.17) is 4.52 Å².